The largest absolute Gasteiger partial charge is 0.312 e. The first kappa shape index (κ1) is 16.5. The molecule has 0 amide bonds. The Hall–Kier alpha value is -1.99. The number of hydrogen-bond acceptors (Lipinski definition) is 5. The van der Waals surface area contributed by atoms with Gasteiger partial charge in [0.15, 0.2) is 0 Å². The van der Waals surface area contributed by atoms with E-state index in [0.717, 1.165) is 48.4 Å². The fourth-order valence-corrected chi connectivity index (χ4v) is 4.89. The van der Waals surface area contributed by atoms with Gasteiger partial charge in [0.25, 0.3) is 5.56 Å². The van der Waals surface area contributed by atoms with Crippen LogP contribution in [-0.4, -0.2) is 25.9 Å². The van der Waals surface area contributed by atoms with Crippen molar-refractivity contribution in [3.05, 3.63) is 44.1 Å². The number of nitrogens with one attached hydrogen (secondary N) is 1. The van der Waals surface area contributed by atoms with Crippen LogP contribution in [0.3, 0.4) is 0 Å². The lowest BCUT2D eigenvalue weighted by molar-refractivity contribution is 0.629. The van der Waals surface area contributed by atoms with E-state index in [9.17, 15) is 4.79 Å². The van der Waals surface area contributed by atoms with Crippen LogP contribution in [0.5, 0.6) is 0 Å². The van der Waals surface area contributed by atoms with Gasteiger partial charge in [-0.3, -0.25) is 14.0 Å². The number of hydrogen-bond donors (Lipinski definition) is 1. The number of rotatable bonds is 4. The Labute approximate surface area is 150 Å². The number of fused-ring (bicyclic) bond motifs is 3. The summed E-state index contributed by atoms with van der Waals surface area (Å²) in [5.74, 6) is 0. The minimum absolute atomic E-state index is 0.0996. The summed E-state index contributed by atoms with van der Waals surface area (Å²) in [6, 6.07) is 0. The second-order valence-electron chi connectivity index (χ2n) is 6.57. The third-order valence-electron chi connectivity index (χ3n) is 5.13. The molecule has 0 fully saturated rings. The standard InChI is InChI=1S/C18H23N5OS/c1-4-23-12(3)13(11(2)21-23)6-8-22-10-20-17-16(18(22)24)14-5-7-19-9-15(14)25-17/h10,19H,4-9H2,1-3H3. The Morgan fingerprint density at radius 1 is 1.36 bits per heavy atom. The van der Waals surface area contributed by atoms with E-state index >= 15 is 0 Å². The second kappa shape index (κ2) is 6.38. The number of aromatic nitrogens is 4. The normalized spacial score (nSPS) is 14.2. The molecule has 3 aromatic rings. The van der Waals surface area contributed by atoms with Crippen molar-refractivity contribution in [1.29, 1.82) is 0 Å². The van der Waals surface area contributed by atoms with Crippen molar-refractivity contribution in [2.45, 2.75) is 53.2 Å². The van der Waals surface area contributed by atoms with Gasteiger partial charge < -0.3 is 5.32 Å². The van der Waals surface area contributed by atoms with Crippen LogP contribution in [0.2, 0.25) is 0 Å². The molecule has 1 aliphatic heterocycles. The zero-order chi connectivity index (χ0) is 17.6. The zero-order valence-electron chi connectivity index (χ0n) is 14.9. The molecule has 6 nitrogen and oxygen atoms in total. The highest BCUT2D eigenvalue weighted by molar-refractivity contribution is 7.18. The minimum Gasteiger partial charge on any atom is -0.312 e. The molecule has 0 unspecified atom stereocenters. The molecule has 7 heteroatoms. The van der Waals surface area contributed by atoms with Gasteiger partial charge in [0.1, 0.15) is 4.83 Å². The summed E-state index contributed by atoms with van der Waals surface area (Å²) in [6.45, 7) is 9.54. The van der Waals surface area contributed by atoms with Crippen molar-refractivity contribution >= 4 is 21.6 Å². The van der Waals surface area contributed by atoms with E-state index < -0.39 is 0 Å². The highest BCUT2D eigenvalue weighted by atomic mass is 32.1. The number of aryl methyl sites for hydroxylation is 3. The van der Waals surface area contributed by atoms with Crippen molar-refractivity contribution < 1.29 is 0 Å². The first-order valence-electron chi connectivity index (χ1n) is 8.83. The van der Waals surface area contributed by atoms with Crippen LogP contribution in [0.25, 0.3) is 10.2 Å². The topological polar surface area (TPSA) is 64.7 Å². The maximum atomic E-state index is 13.0. The molecule has 0 aliphatic carbocycles. The molecule has 0 aromatic carbocycles. The zero-order valence-corrected chi connectivity index (χ0v) is 15.7. The fraction of sp³-hybridized carbons (Fsp3) is 0.500. The minimum atomic E-state index is 0.0996. The third kappa shape index (κ3) is 2.71. The van der Waals surface area contributed by atoms with Gasteiger partial charge in [-0.05, 0) is 51.3 Å². The first-order valence-corrected chi connectivity index (χ1v) is 9.65. The Bertz CT molecular complexity index is 997. The predicted octanol–water partition coefficient (Wildman–Crippen LogP) is 2.18. The van der Waals surface area contributed by atoms with Gasteiger partial charge in [-0.2, -0.15) is 5.10 Å². The fourth-order valence-electron chi connectivity index (χ4n) is 3.75. The number of thiophene rings is 1. The van der Waals surface area contributed by atoms with E-state index in [1.807, 2.05) is 11.6 Å². The second-order valence-corrected chi connectivity index (χ2v) is 7.65. The average Bonchev–Trinajstić information content (AvgIpc) is 3.12. The lowest BCUT2D eigenvalue weighted by atomic mass is 10.1. The quantitative estimate of drug-likeness (QED) is 0.777. The van der Waals surface area contributed by atoms with Crippen molar-refractivity contribution in [2.24, 2.45) is 0 Å². The molecule has 0 saturated carbocycles. The van der Waals surface area contributed by atoms with Crippen molar-refractivity contribution in [3.63, 3.8) is 0 Å². The molecule has 0 atom stereocenters. The SMILES string of the molecule is CCn1nc(C)c(CCn2cnc3sc4c(c3c2=O)CCNC4)c1C. The highest BCUT2D eigenvalue weighted by Crippen LogP contribution is 2.29. The molecular weight excluding hydrogens is 334 g/mol. The lowest BCUT2D eigenvalue weighted by Gasteiger charge is -2.12. The van der Waals surface area contributed by atoms with E-state index in [-0.39, 0.29) is 5.56 Å². The van der Waals surface area contributed by atoms with Gasteiger partial charge in [-0.25, -0.2) is 4.98 Å². The summed E-state index contributed by atoms with van der Waals surface area (Å²) < 4.78 is 3.79. The van der Waals surface area contributed by atoms with Crippen molar-refractivity contribution in [3.8, 4) is 0 Å². The van der Waals surface area contributed by atoms with E-state index in [0.29, 0.717) is 6.54 Å². The lowest BCUT2D eigenvalue weighted by Crippen LogP contribution is -2.25. The first-order chi connectivity index (χ1) is 12.1. The molecule has 0 saturated heterocycles. The van der Waals surface area contributed by atoms with E-state index in [1.165, 1.54) is 21.7 Å². The molecule has 4 heterocycles. The average molecular weight is 357 g/mol. The molecule has 25 heavy (non-hydrogen) atoms. The highest BCUT2D eigenvalue weighted by Gasteiger charge is 2.20. The van der Waals surface area contributed by atoms with Gasteiger partial charge >= 0.3 is 0 Å². The number of nitrogens with zero attached hydrogens (tertiary/aromatic N) is 4. The monoisotopic (exact) mass is 357 g/mol. The van der Waals surface area contributed by atoms with Crippen LogP contribution in [0.15, 0.2) is 11.1 Å². The Morgan fingerprint density at radius 2 is 2.20 bits per heavy atom. The van der Waals surface area contributed by atoms with Gasteiger partial charge in [-0.15, -0.1) is 11.3 Å². The van der Waals surface area contributed by atoms with E-state index in [2.05, 4.69) is 29.2 Å². The summed E-state index contributed by atoms with van der Waals surface area (Å²) >= 11 is 1.65. The van der Waals surface area contributed by atoms with Crippen LogP contribution in [0.4, 0.5) is 0 Å². The molecule has 0 bridgehead atoms. The van der Waals surface area contributed by atoms with Gasteiger partial charge in [0.05, 0.1) is 17.4 Å². The molecule has 3 aromatic heterocycles. The maximum Gasteiger partial charge on any atom is 0.262 e. The van der Waals surface area contributed by atoms with Gasteiger partial charge in [0.2, 0.25) is 0 Å². The van der Waals surface area contributed by atoms with Gasteiger partial charge in [0, 0.05) is 30.2 Å². The summed E-state index contributed by atoms with van der Waals surface area (Å²) in [4.78, 5) is 19.7. The van der Waals surface area contributed by atoms with E-state index in [1.54, 1.807) is 22.2 Å². The van der Waals surface area contributed by atoms with Gasteiger partial charge in [-0.1, -0.05) is 0 Å². The summed E-state index contributed by atoms with van der Waals surface area (Å²) in [5, 5.41) is 8.77. The van der Waals surface area contributed by atoms with Crippen LogP contribution in [-0.2, 0) is 32.5 Å². The summed E-state index contributed by atoms with van der Waals surface area (Å²) in [6.07, 6.45) is 3.42. The smallest absolute Gasteiger partial charge is 0.262 e. The Morgan fingerprint density at radius 3 is 2.96 bits per heavy atom. The van der Waals surface area contributed by atoms with Crippen molar-refractivity contribution in [1.82, 2.24) is 24.6 Å². The van der Waals surface area contributed by atoms with Crippen LogP contribution < -0.4 is 10.9 Å². The predicted molar refractivity (Wildman–Crippen MR) is 100 cm³/mol. The van der Waals surface area contributed by atoms with E-state index in [4.69, 9.17) is 0 Å². The van der Waals surface area contributed by atoms with Crippen molar-refractivity contribution in [2.75, 3.05) is 6.54 Å². The molecular formula is C18H23N5OS. The molecule has 0 spiro atoms. The molecule has 4 rings (SSSR count). The Balaban J connectivity index is 1.68. The molecule has 1 N–H and O–H groups in total. The van der Waals surface area contributed by atoms with Crippen LogP contribution in [0.1, 0.15) is 34.3 Å². The third-order valence-corrected chi connectivity index (χ3v) is 6.27. The summed E-state index contributed by atoms with van der Waals surface area (Å²) in [5.41, 5.74) is 4.80. The Kier molecular flexibility index (Phi) is 4.21. The molecule has 0 radical (unpaired) electrons. The summed E-state index contributed by atoms with van der Waals surface area (Å²) in [7, 11) is 0. The van der Waals surface area contributed by atoms with Crippen LogP contribution >= 0.6 is 11.3 Å². The van der Waals surface area contributed by atoms with Crippen LogP contribution in [0, 0.1) is 13.8 Å². The maximum absolute atomic E-state index is 13.0. The molecule has 132 valence electrons. The molecule has 1 aliphatic rings.